The Morgan fingerprint density at radius 3 is 2.41 bits per heavy atom. The summed E-state index contributed by atoms with van der Waals surface area (Å²) in [5.41, 5.74) is 0.748. The van der Waals surface area contributed by atoms with Crippen LogP contribution in [-0.2, 0) is 9.53 Å². The molecule has 0 unspecified atom stereocenters. The number of hydrogen-bond donors (Lipinski definition) is 0. The third-order valence-electron chi connectivity index (χ3n) is 3.84. The largest absolute Gasteiger partial charge is 0.466 e. The van der Waals surface area contributed by atoms with Gasteiger partial charge in [0.2, 0.25) is 0 Å². The van der Waals surface area contributed by atoms with Crippen molar-refractivity contribution in [3.63, 3.8) is 0 Å². The van der Waals surface area contributed by atoms with Gasteiger partial charge in [0.25, 0.3) is 5.91 Å². The summed E-state index contributed by atoms with van der Waals surface area (Å²) in [6.07, 6.45) is 1.28. The fraction of sp³-hybridized carbons (Fsp3) is 0.529. The Hall–Kier alpha value is -1.88. The Balaban J connectivity index is 1.70. The van der Waals surface area contributed by atoms with E-state index in [9.17, 15) is 9.59 Å². The van der Waals surface area contributed by atoms with Crippen molar-refractivity contribution in [2.75, 3.05) is 39.3 Å². The van der Waals surface area contributed by atoms with Crippen molar-refractivity contribution in [1.29, 1.82) is 0 Å². The van der Waals surface area contributed by atoms with Crippen LogP contribution in [0.3, 0.4) is 0 Å². The minimum absolute atomic E-state index is 0.103. The summed E-state index contributed by atoms with van der Waals surface area (Å²) in [6, 6.07) is 9.40. The van der Waals surface area contributed by atoms with Crippen LogP contribution in [0.1, 0.15) is 30.1 Å². The van der Waals surface area contributed by atoms with Gasteiger partial charge in [0, 0.05) is 38.2 Å². The van der Waals surface area contributed by atoms with Crippen molar-refractivity contribution in [3.05, 3.63) is 35.9 Å². The van der Waals surface area contributed by atoms with Crippen LogP contribution in [0, 0.1) is 0 Å². The zero-order valence-corrected chi connectivity index (χ0v) is 13.2. The molecule has 5 nitrogen and oxygen atoms in total. The quantitative estimate of drug-likeness (QED) is 0.752. The van der Waals surface area contributed by atoms with Crippen molar-refractivity contribution < 1.29 is 14.3 Å². The zero-order chi connectivity index (χ0) is 15.8. The highest BCUT2D eigenvalue weighted by molar-refractivity contribution is 5.94. The van der Waals surface area contributed by atoms with E-state index in [1.165, 1.54) is 0 Å². The van der Waals surface area contributed by atoms with Gasteiger partial charge in [-0.2, -0.15) is 0 Å². The van der Waals surface area contributed by atoms with Gasteiger partial charge in [0.15, 0.2) is 0 Å². The van der Waals surface area contributed by atoms with Crippen LogP contribution in [0.25, 0.3) is 0 Å². The lowest BCUT2D eigenvalue weighted by Gasteiger charge is -2.34. The molecule has 1 aliphatic rings. The summed E-state index contributed by atoms with van der Waals surface area (Å²) < 4.78 is 4.92. The average molecular weight is 304 g/mol. The molecule has 1 saturated heterocycles. The summed E-state index contributed by atoms with van der Waals surface area (Å²) in [4.78, 5) is 27.8. The first-order valence-corrected chi connectivity index (χ1v) is 7.93. The van der Waals surface area contributed by atoms with E-state index in [4.69, 9.17) is 4.74 Å². The summed E-state index contributed by atoms with van der Waals surface area (Å²) in [5.74, 6) is -0.0211. The minimum Gasteiger partial charge on any atom is -0.466 e. The molecule has 0 saturated carbocycles. The molecule has 1 aromatic carbocycles. The molecular formula is C17H24N2O3. The van der Waals surface area contributed by atoms with Crippen molar-refractivity contribution in [1.82, 2.24) is 9.80 Å². The average Bonchev–Trinajstić information content (AvgIpc) is 2.56. The van der Waals surface area contributed by atoms with E-state index in [2.05, 4.69) is 4.90 Å². The number of nitrogens with zero attached hydrogens (tertiary/aromatic N) is 2. The van der Waals surface area contributed by atoms with E-state index in [1.54, 1.807) is 0 Å². The highest BCUT2D eigenvalue weighted by atomic mass is 16.5. The number of carbonyl (C=O) groups is 2. The smallest absolute Gasteiger partial charge is 0.305 e. The van der Waals surface area contributed by atoms with E-state index in [1.807, 2.05) is 42.2 Å². The Labute approximate surface area is 131 Å². The van der Waals surface area contributed by atoms with Crippen LogP contribution in [0.4, 0.5) is 0 Å². The number of hydrogen-bond acceptors (Lipinski definition) is 4. The number of ether oxygens (including phenoxy) is 1. The van der Waals surface area contributed by atoms with Crippen LogP contribution in [0.15, 0.2) is 30.3 Å². The normalized spacial score (nSPS) is 15.6. The van der Waals surface area contributed by atoms with E-state index in [0.717, 1.165) is 44.7 Å². The van der Waals surface area contributed by atoms with Crippen LogP contribution < -0.4 is 0 Å². The van der Waals surface area contributed by atoms with Crippen molar-refractivity contribution >= 4 is 11.9 Å². The fourth-order valence-electron chi connectivity index (χ4n) is 2.62. The number of rotatable bonds is 6. The van der Waals surface area contributed by atoms with E-state index >= 15 is 0 Å². The topological polar surface area (TPSA) is 49.9 Å². The summed E-state index contributed by atoms with van der Waals surface area (Å²) in [6.45, 7) is 6.36. The molecule has 1 heterocycles. The lowest BCUT2D eigenvalue weighted by Crippen LogP contribution is -2.48. The van der Waals surface area contributed by atoms with Crippen LogP contribution in [0.2, 0.25) is 0 Å². The van der Waals surface area contributed by atoms with Gasteiger partial charge in [0.1, 0.15) is 0 Å². The van der Waals surface area contributed by atoms with Gasteiger partial charge in [-0.05, 0) is 32.0 Å². The molecule has 5 heteroatoms. The second kappa shape index (κ2) is 8.54. The number of piperazine rings is 1. The summed E-state index contributed by atoms with van der Waals surface area (Å²) in [7, 11) is 0. The maximum Gasteiger partial charge on any atom is 0.305 e. The Morgan fingerprint density at radius 1 is 1.09 bits per heavy atom. The number of benzene rings is 1. The van der Waals surface area contributed by atoms with Gasteiger partial charge in [-0.1, -0.05) is 18.2 Å². The first kappa shape index (κ1) is 16.5. The zero-order valence-electron chi connectivity index (χ0n) is 13.2. The summed E-state index contributed by atoms with van der Waals surface area (Å²) >= 11 is 0. The highest BCUT2D eigenvalue weighted by Crippen LogP contribution is 2.09. The molecule has 1 aliphatic heterocycles. The van der Waals surface area contributed by atoms with Gasteiger partial charge in [-0.15, -0.1) is 0 Å². The van der Waals surface area contributed by atoms with Crippen molar-refractivity contribution in [2.45, 2.75) is 19.8 Å². The number of carbonyl (C=O) groups excluding carboxylic acids is 2. The third-order valence-corrected chi connectivity index (χ3v) is 3.84. The van der Waals surface area contributed by atoms with E-state index < -0.39 is 0 Å². The highest BCUT2D eigenvalue weighted by Gasteiger charge is 2.21. The molecular weight excluding hydrogens is 280 g/mol. The Bertz CT molecular complexity index is 482. The second-order valence-electron chi connectivity index (χ2n) is 5.41. The molecule has 0 aliphatic carbocycles. The van der Waals surface area contributed by atoms with E-state index in [-0.39, 0.29) is 11.9 Å². The molecule has 0 bridgehead atoms. The first-order chi connectivity index (χ1) is 10.7. The molecule has 0 N–H and O–H groups in total. The fourth-order valence-corrected chi connectivity index (χ4v) is 2.62. The molecule has 1 amide bonds. The van der Waals surface area contributed by atoms with Crippen LogP contribution in [0.5, 0.6) is 0 Å². The predicted molar refractivity (Wildman–Crippen MR) is 84.7 cm³/mol. The minimum atomic E-state index is -0.125. The first-order valence-electron chi connectivity index (χ1n) is 7.93. The molecule has 0 aromatic heterocycles. The number of esters is 1. The molecule has 2 rings (SSSR count). The SMILES string of the molecule is CCOC(=O)CCCN1CCN(C(=O)c2ccccc2)CC1. The second-order valence-corrected chi connectivity index (χ2v) is 5.41. The van der Waals surface area contributed by atoms with Gasteiger partial charge in [-0.25, -0.2) is 0 Å². The lowest BCUT2D eigenvalue weighted by atomic mass is 10.2. The standard InChI is InChI=1S/C17H24N2O3/c1-2-22-16(20)9-6-10-18-11-13-19(14-12-18)17(21)15-7-4-3-5-8-15/h3-5,7-8H,2,6,9-14H2,1H3. The van der Waals surface area contributed by atoms with Crippen LogP contribution in [-0.4, -0.2) is 61.0 Å². The Morgan fingerprint density at radius 2 is 1.77 bits per heavy atom. The van der Waals surface area contributed by atoms with Gasteiger partial charge in [-0.3, -0.25) is 14.5 Å². The summed E-state index contributed by atoms with van der Waals surface area (Å²) in [5, 5.41) is 0. The maximum absolute atomic E-state index is 12.3. The molecule has 0 spiro atoms. The number of amides is 1. The van der Waals surface area contributed by atoms with Crippen molar-refractivity contribution in [3.8, 4) is 0 Å². The Kier molecular flexibility index (Phi) is 6.40. The van der Waals surface area contributed by atoms with Crippen molar-refractivity contribution in [2.24, 2.45) is 0 Å². The van der Waals surface area contributed by atoms with E-state index in [0.29, 0.717) is 13.0 Å². The van der Waals surface area contributed by atoms with Gasteiger partial charge < -0.3 is 9.64 Å². The van der Waals surface area contributed by atoms with Gasteiger partial charge in [0.05, 0.1) is 6.61 Å². The monoisotopic (exact) mass is 304 g/mol. The molecule has 0 atom stereocenters. The third kappa shape index (κ3) is 4.84. The molecule has 0 radical (unpaired) electrons. The van der Waals surface area contributed by atoms with Crippen LogP contribution >= 0.6 is 0 Å². The molecule has 120 valence electrons. The molecule has 1 fully saturated rings. The molecule has 1 aromatic rings. The maximum atomic E-state index is 12.3. The van der Waals surface area contributed by atoms with Gasteiger partial charge >= 0.3 is 5.97 Å². The lowest BCUT2D eigenvalue weighted by molar-refractivity contribution is -0.143. The molecule has 22 heavy (non-hydrogen) atoms. The predicted octanol–water partition coefficient (Wildman–Crippen LogP) is 1.79.